The van der Waals surface area contributed by atoms with Gasteiger partial charge in [0.05, 0.1) is 10.6 Å². The van der Waals surface area contributed by atoms with E-state index in [4.69, 9.17) is 12.2 Å². The maximum absolute atomic E-state index is 12.5. The average molecular weight is 317 g/mol. The molecule has 1 aliphatic rings. The summed E-state index contributed by atoms with van der Waals surface area (Å²) in [5.74, 6) is -0.0392. The number of hydrogen-bond acceptors (Lipinski definition) is 4. The number of anilines is 1. The number of thioether (sulfide) groups is 1. The van der Waals surface area contributed by atoms with Crippen molar-refractivity contribution in [3.8, 4) is 0 Å². The van der Waals surface area contributed by atoms with Gasteiger partial charge in [0.2, 0.25) is 0 Å². The highest BCUT2D eigenvalue weighted by molar-refractivity contribution is 8.27. The standard InChI is InChI=1S/C15H11NOS3/c1-10-5-2-3-7-12(10)16-14(17)13(20-15(16)18)9-11-6-4-8-19-11/h2-9H,1H3/b13-9-. The smallest absolute Gasteiger partial charge is 0.268 e. The highest BCUT2D eigenvalue weighted by Gasteiger charge is 2.33. The Bertz CT molecular complexity index is 704. The van der Waals surface area contributed by atoms with Gasteiger partial charge in [0.1, 0.15) is 0 Å². The molecule has 1 fully saturated rings. The van der Waals surface area contributed by atoms with Crippen molar-refractivity contribution in [3.05, 3.63) is 57.1 Å². The predicted octanol–water partition coefficient (Wildman–Crippen LogP) is 4.46. The molecule has 2 heterocycles. The SMILES string of the molecule is Cc1ccccc1N1C(=O)/C(=C/c2cccs2)SC1=S. The fourth-order valence-electron chi connectivity index (χ4n) is 1.99. The number of thiocarbonyl (C=S) groups is 1. The monoisotopic (exact) mass is 317 g/mol. The molecule has 0 unspecified atom stereocenters. The third-order valence-corrected chi connectivity index (χ3v) is 5.09. The van der Waals surface area contributed by atoms with Gasteiger partial charge in [-0.05, 0) is 36.1 Å². The molecule has 0 bridgehead atoms. The number of benzene rings is 1. The molecule has 20 heavy (non-hydrogen) atoms. The van der Waals surface area contributed by atoms with Crippen molar-refractivity contribution in [3.63, 3.8) is 0 Å². The summed E-state index contributed by atoms with van der Waals surface area (Å²) < 4.78 is 0.590. The lowest BCUT2D eigenvalue weighted by molar-refractivity contribution is -0.113. The maximum Gasteiger partial charge on any atom is 0.270 e. The lowest BCUT2D eigenvalue weighted by Crippen LogP contribution is -2.28. The zero-order valence-electron chi connectivity index (χ0n) is 10.7. The second-order valence-electron chi connectivity index (χ2n) is 4.32. The molecule has 2 aromatic rings. The van der Waals surface area contributed by atoms with Crippen LogP contribution < -0.4 is 4.90 Å². The summed E-state index contributed by atoms with van der Waals surface area (Å²) in [7, 11) is 0. The first-order chi connectivity index (χ1) is 9.66. The van der Waals surface area contributed by atoms with Crippen molar-refractivity contribution in [2.45, 2.75) is 6.92 Å². The quantitative estimate of drug-likeness (QED) is 0.602. The van der Waals surface area contributed by atoms with Gasteiger partial charge >= 0.3 is 0 Å². The van der Waals surface area contributed by atoms with Crippen LogP contribution in [0.1, 0.15) is 10.4 Å². The Balaban J connectivity index is 1.98. The zero-order chi connectivity index (χ0) is 14.1. The number of rotatable bonds is 2. The Hall–Kier alpha value is -1.43. The van der Waals surface area contributed by atoms with Gasteiger partial charge in [-0.1, -0.05) is 48.2 Å². The van der Waals surface area contributed by atoms with E-state index in [1.54, 1.807) is 16.2 Å². The number of aryl methyl sites for hydroxylation is 1. The van der Waals surface area contributed by atoms with Gasteiger partial charge in [-0.2, -0.15) is 0 Å². The molecule has 0 saturated carbocycles. The topological polar surface area (TPSA) is 20.3 Å². The van der Waals surface area contributed by atoms with Crippen LogP contribution >= 0.6 is 35.3 Å². The van der Waals surface area contributed by atoms with E-state index in [9.17, 15) is 4.79 Å². The Morgan fingerprint density at radius 3 is 2.70 bits per heavy atom. The number of amides is 1. The first kappa shape index (κ1) is 13.5. The molecule has 3 rings (SSSR count). The van der Waals surface area contributed by atoms with Gasteiger partial charge < -0.3 is 0 Å². The Labute approximate surface area is 131 Å². The molecule has 1 aromatic carbocycles. The minimum absolute atomic E-state index is 0.0392. The number of carbonyl (C=O) groups excluding carboxylic acids is 1. The average Bonchev–Trinajstić information content (AvgIpc) is 3.01. The first-order valence-electron chi connectivity index (χ1n) is 6.04. The number of thiophene rings is 1. The molecule has 0 aliphatic carbocycles. The van der Waals surface area contributed by atoms with E-state index in [1.165, 1.54) is 11.8 Å². The summed E-state index contributed by atoms with van der Waals surface area (Å²) in [5, 5.41) is 1.99. The molecule has 100 valence electrons. The summed E-state index contributed by atoms with van der Waals surface area (Å²) in [4.78, 5) is 15.9. The van der Waals surface area contributed by atoms with Crippen LogP contribution in [0.2, 0.25) is 0 Å². The van der Waals surface area contributed by atoms with Crippen LogP contribution in [0.5, 0.6) is 0 Å². The minimum atomic E-state index is -0.0392. The second-order valence-corrected chi connectivity index (χ2v) is 6.97. The summed E-state index contributed by atoms with van der Waals surface area (Å²) >= 11 is 8.33. The highest BCUT2D eigenvalue weighted by atomic mass is 32.2. The fourth-order valence-corrected chi connectivity index (χ4v) is 4.00. The van der Waals surface area contributed by atoms with E-state index in [-0.39, 0.29) is 5.91 Å². The highest BCUT2D eigenvalue weighted by Crippen LogP contribution is 2.37. The zero-order valence-corrected chi connectivity index (χ0v) is 13.1. The molecular formula is C15H11NOS3. The van der Waals surface area contributed by atoms with Crippen molar-refractivity contribution in [2.75, 3.05) is 4.90 Å². The summed E-state index contributed by atoms with van der Waals surface area (Å²) in [6, 6.07) is 11.7. The molecule has 0 atom stereocenters. The van der Waals surface area contributed by atoms with E-state index < -0.39 is 0 Å². The summed E-state index contributed by atoms with van der Waals surface area (Å²) in [5.41, 5.74) is 1.91. The number of hydrogen-bond donors (Lipinski definition) is 0. The lowest BCUT2D eigenvalue weighted by atomic mass is 10.2. The van der Waals surface area contributed by atoms with Crippen molar-refractivity contribution in [2.24, 2.45) is 0 Å². The molecule has 1 aliphatic heterocycles. The molecule has 5 heteroatoms. The van der Waals surface area contributed by atoms with Crippen LogP contribution in [0.3, 0.4) is 0 Å². The normalized spacial score (nSPS) is 17.2. The van der Waals surface area contributed by atoms with Crippen LogP contribution in [0.4, 0.5) is 5.69 Å². The largest absolute Gasteiger partial charge is 0.270 e. The maximum atomic E-state index is 12.5. The van der Waals surface area contributed by atoms with E-state index in [0.29, 0.717) is 9.23 Å². The van der Waals surface area contributed by atoms with Gasteiger partial charge in [0.15, 0.2) is 4.32 Å². The van der Waals surface area contributed by atoms with Crippen molar-refractivity contribution in [1.29, 1.82) is 0 Å². The molecule has 2 nitrogen and oxygen atoms in total. The third-order valence-electron chi connectivity index (χ3n) is 2.97. The van der Waals surface area contributed by atoms with Gasteiger partial charge in [-0.25, -0.2) is 0 Å². The van der Waals surface area contributed by atoms with E-state index in [0.717, 1.165) is 16.1 Å². The van der Waals surface area contributed by atoms with Crippen LogP contribution in [0.15, 0.2) is 46.7 Å². The molecule has 0 spiro atoms. The van der Waals surface area contributed by atoms with Crippen LogP contribution in [-0.2, 0) is 4.79 Å². The predicted molar refractivity (Wildman–Crippen MR) is 91.2 cm³/mol. The van der Waals surface area contributed by atoms with Crippen molar-refractivity contribution < 1.29 is 4.79 Å². The Kier molecular flexibility index (Phi) is 3.74. The fraction of sp³-hybridized carbons (Fsp3) is 0.0667. The molecule has 1 aromatic heterocycles. The summed E-state index contributed by atoms with van der Waals surface area (Å²) in [6.45, 7) is 1.98. The van der Waals surface area contributed by atoms with E-state index in [1.807, 2.05) is 54.8 Å². The van der Waals surface area contributed by atoms with E-state index in [2.05, 4.69) is 0 Å². The Morgan fingerprint density at radius 2 is 2.00 bits per heavy atom. The van der Waals surface area contributed by atoms with Gasteiger partial charge in [0.25, 0.3) is 5.91 Å². The third kappa shape index (κ3) is 2.44. The van der Waals surface area contributed by atoms with Crippen LogP contribution in [0.25, 0.3) is 6.08 Å². The van der Waals surface area contributed by atoms with Crippen molar-refractivity contribution in [1.82, 2.24) is 0 Å². The molecule has 1 amide bonds. The number of para-hydroxylation sites is 1. The van der Waals surface area contributed by atoms with E-state index >= 15 is 0 Å². The second kappa shape index (κ2) is 5.52. The minimum Gasteiger partial charge on any atom is -0.268 e. The first-order valence-corrected chi connectivity index (χ1v) is 8.14. The van der Waals surface area contributed by atoms with Crippen molar-refractivity contribution >= 4 is 57.3 Å². The van der Waals surface area contributed by atoms with Gasteiger partial charge in [0, 0.05) is 4.88 Å². The van der Waals surface area contributed by atoms with Crippen LogP contribution in [0, 0.1) is 6.92 Å². The molecule has 0 radical (unpaired) electrons. The Morgan fingerprint density at radius 1 is 1.20 bits per heavy atom. The lowest BCUT2D eigenvalue weighted by Gasteiger charge is -2.16. The molecule has 0 N–H and O–H groups in total. The number of nitrogens with zero attached hydrogens (tertiary/aromatic N) is 1. The number of carbonyl (C=O) groups is 1. The van der Waals surface area contributed by atoms with Crippen LogP contribution in [-0.4, -0.2) is 10.2 Å². The molecular weight excluding hydrogens is 306 g/mol. The van der Waals surface area contributed by atoms with Gasteiger partial charge in [-0.15, -0.1) is 11.3 Å². The molecule has 1 saturated heterocycles. The summed E-state index contributed by atoms with van der Waals surface area (Å²) in [6.07, 6.45) is 1.90. The van der Waals surface area contributed by atoms with Gasteiger partial charge in [-0.3, -0.25) is 9.69 Å².